The average molecular weight is 403 g/mol. The molecule has 1 saturated heterocycles. The van der Waals surface area contributed by atoms with Crippen molar-refractivity contribution in [3.8, 4) is 0 Å². The van der Waals surface area contributed by atoms with Crippen molar-refractivity contribution in [3.05, 3.63) is 41.6 Å². The Hall–Kier alpha value is -2.27. The molecule has 2 aromatic rings. The average Bonchev–Trinajstić information content (AvgIpc) is 3.12. The van der Waals surface area contributed by atoms with Crippen LogP contribution in [0.5, 0.6) is 0 Å². The van der Waals surface area contributed by atoms with Crippen molar-refractivity contribution in [2.75, 3.05) is 13.1 Å². The van der Waals surface area contributed by atoms with Crippen LogP contribution in [-0.4, -0.2) is 41.8 Å². The minimum absolute atomic E-state index is 0.0584. The molecule has 0 spiro atoms. The van der Waals surface area contributed by atoms with Crippen LogP contribution in [0.4, 0.5) is 13.2 Å². The van der Waals surface area contributed by atoms with Gasteiger partial charge in [-0.05, 0) is 31.9 Å². The van der Waals surface area contributed by atoms with Crippen molar-refractivity contribution in [2.45, 2.75) is 36.8 Å². The van der Waals surface area contributed by atoms with Crippen LogP contribution in [0.25, 0.3) is 0 Å². The zero-order chi connectivity index (χ0) is 19.8. The fourth-order valence-electron chi connectivity index (χ4n) is 2.87. The van der Waals surface area contributed by atoms with Crippen molar-refractivity contribution in [1.82, 2.24) is 14.5 Å². The Kier molecular flexibility index (Phi) is 5.08. The second-order valence-corrected chi connectivity index (χ2v) is 8.14. The van der Waals surface area contributed by atoms with Gasteiger partial charge in [-0.2, -0.15) is 17.5 Å². The number of hydrogen-bond acceptors (Lipinski definition) is 6. The molecule has 146 valence electrons. The van der Waals surface area contributed by atoms with E-state index in [1.807, 2.05) is 0 Å². The number of Topliss-reactive ketones (excluding diaryl/α,β-unsaturated/α-hetero) is 1. The number of aromatic nitrogens is 2. The molecule has 0 atom stereocenters. The molecule has 3 rings (SSSR count). The fourth-order valence-corrected chi connectivity index (χ4v) is 4.34. The van der Waals surface area contributed by atoms with Gasteiger partial charge in [0.25, 0.3) is 0 Å². The van der Waals surface area contributed by atoms with Crippen molar-refractivity contribution in [2.24, 2.45) is 0 Å². The van der Waals surface area contributed by atoms with E-state index in [-0.39, 0.29) is 42.5 Å². The van der Waals surface area contributed by atoms with Gasteiger partial charge in [-0.1, -0.05) is 12.1 Å². The van der Waals surface area contributed by atoms with E-state index in [2.05, 4.69) is 14.6 Å². The highest BCUT2D eigenvalue weighted by atomic mass is 32.2. The summed E-state index contributed by atoms with van der Waals surface area (Å²) < 4.78 is 69.0. The monoisotopic (exact) mass is 403 g/mol. The van der Waals surface area contributed by atoms with E-state index in [0.717, 1.165) is 0 Å². The zero-order valence-corrected chi connectivity index (χ0v) is 15.0. The molecule has 1 aromatic carbocycles. The van der Waals surface area contributed by atoms with Gasteiger partial charge in [0.1, 0.15) is 0 Å². The van der Waals surface area contributed by atoms with Crippen LogP contribution in [0.2, 0.25) is 0 Å². The standard InChI is InChI=1S/C16H16F3N3O4S/c1-10(23)11-2-4-13(5-3-11)27(24,25)22-8-6-12(7-9-22)14-20-21-15(26-14)16(17,18)19/h2-5,12H,6-9H2,1H3. The van der Waals surface area contributed by atoms with Crippen molar-refractivity contribution in [3.63, 3.8) is 0 Å². The Morgan fingerprint density at radius 1 is 1.15 bits per heavy atom. The molecule has 1 fully saturated rings. The molecule has 27 heavy (non-hydrogen) atoms. The predicted octanol–water partition coefficient (Wildman–Crippen LogP) is 2.86. The number of carbonyl (C=O) groups excluding carboxylic acids is 1. The summed E-state index contributed by atoms with van der Waals surface area (Å²) in [5.74, 6) is -2.14. The molecule has 0 aliphatic carbocycles. The molecule has 0 bridgehead atoms. The van der Waals surface area contributed by atoms with Crippen molar-refractivity contribution < 1.29 is 30.8 Å². The SMILES string of the molecule is CC(=O)c1ccc(S(=O)(=O)N2CCC(c3nnc(C(F)(F)F)o3)CC2)cc1. The number of rotatable bonds is 4. The Bertz CT molecular complexity index is 931. The summed E-state index contributed by atoms with van der Waals surface area (Å²) in [5.41, 5.74) is 0.407. The first-order valence-electron chi connectivity index (χ1n) is 8.11. The smallest absolute Gasteiger partial charge is 0.417 e. The lowest BCUT2D eigenvalue weighted by atomic mass is 9.98. The van der Waals surface area contributed by atoms with Crippen LogP contribution in [0.15, 0.2) is 33.6 Å². The zero-order valence-electron chi connectivity index (χ0n) is 14.2. The van der Waals surface area contributed by atoms with E-state index in [1.54, 1.807) is 0 Å². The Labute approximate surface area is 153 Å². The first kappa shape index (κ1) is 19.5. The number of piperidine rings is 1. The largest absolute Gasteiger partial charge is 0.470 e. The van der Waals surface area contributed by atoms with E-state index < -0.39 is 28.0 Å². The number of sulfonamides is 1. The quantitative estimate of drug-likeness (QED) is 0.729. The first-order chi connectivity index (χ1) is 12.6. The molecule has 0 radical (unpaired) electrons. The molecule has 1 aliphatic rings. The fraction of sp³-hybridized carbons (Fsp3) is 0.438. The van der Waals surface area contributed by atoms with E-state index in [1.165, 1.54) is 35.5 Å². The number of alkyl halides is 3. The molecule has 1 aliphatic heterocycles. The van der Waals surface area contributed by atoms with Crippen LogP contribution in [0.3, 0.4) is 0 Å². The molecule has 0 N–H and O–H groups in total. The van der Waals surface area contributed by atoms with Gasteiger partial charge in [-0.25, -0.2) is 8.42 Å². The van der Waals surface area contributed by atoms with Crippen LogP contribution in [-0.2, 0) is 16.2 Å². The summed E-state index contributed by atoms with van der Waals surface area (Å²) in [4.78, 5) is 11.4. The van der Waals surface area contributed by atoms with E-state index in [9.17, 15) is 26.4 Å². The molecule has 11 heteroatoms. The molecule has 1 aromatic heterocycles. The van der Waals surface area contributed by atoms with Gasteiger partial charge in [0.15, 0.2) is 5.78 Å². The molecule has 0 saturated carbocycles. The normalized spacial score (nSPS) is 17.2. The maximum absolute atomic E-state index is 12.7. The van der Waals surface area contributed by atoms with Gasteiger partial charge in [-0.3, -0.25) is 4.79 Å². The second kappa shape index (κ2) is 7.04. The molecule has 0 unspecified atom stereocenters. The highest BCUT2D eigenvalue weighted by Crippen LogP contribution is 2.33. The van der Waals surface area contributed by atoms with Crippen molar-refractivity contribution in [1.29, 1.82) is 0 Å². The third-order valence-electron chi connectivity index (χ3n) is 4.38. The molecular formula is C16H16F3N3O4S. The minimum atomic E-state index is -4.71. The first-order valence-corrected chi connectivity index (χ1v) is 9.55. The maximum atomic E-state index is 12.7. The van der Waals surface area contributed by atoms with Crippen LogP contribution >= 0.6 is 0 Å². The summed E-state index contributed by atoms with van der Waals surface area (Å²) in [6, 6.07) is 5.62. The lowest BCUT2D eigenvalue weighted by Crippen LogP contribution is -2.38. The van der Waals surface area contributed by atoms with E-state index in [4.69, 9.17) is 0 Å². The maximum Gasteiger partial charge on any atom is 0.470 e. The van der Waals surface area contributed by atoms with E-state index >= 15 is 0 Å². The van der Waals surface area contributed by atoms with Crippen LogP contribution < -0.4 is 0 Å². The van der Waals surface area contributed by atoms with Crippen molar-refractivity contribution >= 4 is 15.8 Å². The van der Waals surface area contributed by atoms with Gasteiger partial charge in [0, 0.05) is 24.6 Å². The van der Waals surface area contributed by atoms with Gasteiger partial charge in [-0.15, -0.1) is 10.2 Å². The van der Waals surface area contributed by atoms with Gasteiger partial charge < -0.3 is 4.42 Å². The highest BCUT2D eigenvalue weighted by Gasteiger charge is 2.39. The second-order valence-electron chi connectivity index (χ2n) is 6.20. The van der Waals surface area contributed by atoms with Gasteiger partial charge in [0.05, 0.1) is 4.90 Å². The summed E-state index contributed by atoms with van der Waals surface area (Å²) in [5, 5.41) is 6.44. The van der Waals surface area contributed by atoms with E-state index in [0.29, 0.717) is 5.56 Å². The Morgan fingerprint density at radius 2 is 1.74 bits per heavy atom. The third-order valence-corrected chi connectivity index (χ3v) is 6.30. The molecule has 2 heterocycles. The Balaban J connectivity index is 1.69. The summed E-state index contributed by atoms with van der Waals surface area (Å²) in [6.07, 6.45) is -4.17. The highest BCUT2D eigenvalue weighted by molar-refractivity contribution is 7.89. The molecule has 7 nitrogen and oxygen atoms in total. The Morgan fingerprint density at radius 3 is 2.22 bits per heavy atom. The summed E-state index contributed by atoms with van der Waals surface area (Å²) in [6.45, 7) is 1.62. The lowest BCUT2D eigenvalue weighted by molar-refractivity contribution is -0.157. The molecule has 0 amide bonds. The number of carbonyl (C=O) groups is 1. The number of hydrogen-bond donors (Lipinski definition) is 0. The lowest BCUT2D eigenvalue weighted by Gasteiger charge is -2.29. The third kappa shape index (κ3) is 4.03. The topological polar surface area (TPSA) is 93.4 Å². The number of nitrogens with zero attached hydrogens (tertiary/aromatic N) is 3. The van der Waals surface area contributed by atoms with Gasteiger partial charge in [0.2, 0.25) is 15.9 Å². The molecular weight excluding hydrogens is 387 g/mol. The predicted molar refractivity (Wildman–Crippen MR) is 86.5 cm³/mol. The summed E-state index contributed by atoms with van der Waals surface area (Å²) >= 11 is 0. The minimum Gasteiger partial charge on any atom is -0.417 e. The number of halogens is 3. The number of benzene rings is 1. The van der Waals surface area contributed by atoms with Crippen LogP contribution in [0.1, 0.15) is 47.8 Å². The summed E-state index contributed by atoms with van der Waals surface area (Å²) in [7, 11) is -3.75. The number of ketones is 1. The van der Waals surface area contributed by atoms with Gasteiger partial charge >= 0.3 is 12.1 Å². The van der Waals surface area contributed by atoms with Crippen LogP contribution in [0, 0.1) is 0 Å².